The Balaban J connectivity index is 2.53. The minimum absolute atomic E-state index is 0.0528. The van der Waals surface area contributed by atoms with Gasteiger partial charge in [0.05, 0.1) is 18.4 Å². The predicted octanol–water partition coefficient (Wildman–Crippen LogP) is 2.47. The molecule has 8 heteroatoms. The molecule has 1 aromatic carbocycles. The lowest BCUT2D eigenvalue weighted by Crippen LogP contribution is -2.32. The third-order valence-corrected chi connectivity index (χ3v) is 2.93. The molecule has 1 amide bonds. The van der Waals surface area contributed by atoms with E-state index < -0.39 is 17.7 Å². The Kier molecular flexibility index (Phi) is 7.10. The number of benzene rings is 1. The minimum Gasteiger partial charge on any atom is -0.494 e. The van der Waals surface area contributed by atoms with Crippen molar-refractivity contribution in [3.8, 4) is 5.75 Å². The van der Waals surface area contributed by atoms with E-state index in [1.807, 2.05) is 0 Å². The lowest BCUT2D eigenvalue weighted by molar-refractivity contribution is 0.0533. The standard InChI is InChI=1S/C17H25N3O5/c1-17(2,3)25-16(23)20-8-6-5-7-19-14-12(18)9-11(15(21)22)10-13(14)24-4/h5-6,9-10,19H,7-8,18H2,1-4H3,(H,20,23)(H,21,22). The Bertz CT molecular complexity index is 650. The zero-order chi connectivity index (χ0) is 19.0. The Hall–Kier alpha value is -2.90. The molecule has 0 fully saturated rings. The molecular weight excluding hydrogens is 326 g/mol. The summed E-state index contributed by atoms with van der Waals surface area (Å²) in [5.41, 5.74) is 6.17. The molecule has 0 bridgehead atoms. The summed E-state index contributed by atoms with van der Waals surface area (Å²) in [6, 6.07) is 2.76. The second kappa shape index (κ2) is 8.81. The number of carboxylic acids is 1. The normalized spacial score (nSPS) is 11.2. The van der Waals surface area contributed by atoms with Gasteiger partial charge < -0.3 is 30.9 Å². The summed E-state index contributed by atoms with van der Waals surface area (Å²) < 4.78 is 10.3. The molecule has 0 heterocycles. The fourth-order valence-corrected chi connectivity index (χ4v) is 1.89. The molecule has 0 aromatic heterocycles. The third kappa shape index (κ3) is 7.03. The van der Waals surface area contributed by atoms with Gasteiger partial charge in [0.2, 0.25) is 0 Å². The number of nitrogens with one attached hydrogen (secondary N) is 2. The summed E-state index contributed by atoms with van der Waals surface area (Å²) in [6.07, 6.45) is 3.06. The lowest BCUT2D eigenvalue weighted by Gasteiger charge is -2.19. The van der Waals surface area contributed by atoms with Crippen LogP contribution in [0.15, 0.2) is 24.3 Å². The molecule has 0 saturated heterocycles. The number of anilines is 2. The van der Waals surface area contributed by atoms with Gasteiger partial charge in [0.1, 0.15) is 17.0 Å². The summed E-state index contributed by atoms with van der Waals surface area (Å²) in [5, 5.41) is 14.7. The van der Waals surface area contributed by atoms with E-state index in [0.29, 0.717) is 24.5 Å². The SMILES string of the molecule is COc1cc(C(=O)O)cc(N)c1NCC=CCNC(=O)OC(C)(C)C. The highest BCUT2D eigenvalue weighted by Crippen LogP contribution is 2.32. The van der Waals surface area contributed by atoms with Gasteiger partial charge in [-0.25, -0.2) is 9.59 Å². The molecule has 0 aliphatic rings. The maximum Gasteiger partial charge on any atom is 0.407 e. The van der Waals surface area contributed by atoms with Gasteiger partial charge in [-0.1, -0.05) is 12.2 Å². The maximum atomic E-state index is 11.5. The van der Waals surface area contributed by atoms with Crippen molar-refractivity contribution in [1.82, 2.24) is 5.32 Å². The van der Waals surface area contributed by atoms with Gasteiger partial charge in [-0.05, 0) is 32.9 Å². The summed E-state index contributed by atoms with van der Waals surface area (Å²) >= 11 is 0. The van der Waals surface area contributed by atoms with Crippen molar-refractivity contribution < 1.29 is 24.2 Å². The van der Waals surface area contributed by atoms with Gasteiger partial charge in [-0.2, -0.15) is 0 Å². The molecule has 8 nitrogen and oxygen atoms in total. The molecule has 5 N–H and O–H groups in total. The number of carbonyl (C=O) groups excluding carboxylic acids is 1. The number of methoxy groups -OCH3 is 1. The third-order valence-electron chi connectivity index (χ3n) is 2.93. The molecule has 1 rings (SSSR count). The Morgan fingerprint density at radius 3 is 2.44 bits per heavy atom. The van der Waals surface area contributed by atoms with Crippen molar-refractivity contribution in [3.63, 3.8) is 0 Å². The second-order valence-electron chi connectivity index (χ2n) is 6.18. The van der Waals surface area contributed by atoms with E-state index >= 15 is 0 Å². The first-order chi connectivity index (χ1) is 11.6. The summed E-state index contributed by atoms with van der Waals surface area (Å²) in [6.45, 7) is 6.11. The number of alkyl carbamates (subject to hydrolysis) is 1. The largest absolute Gasteiger partial charge is 0.494 e. The van der Waals surface area contributed by atoms with Crippen LogP contribution in [-0.4, -0.2) is 43.0 Å². The van der Waals surface area contributed by atoms with Crippen LogP contribution in [-0.2, 0) is 4.74 Å². The van der Waals surface area contributed by atoms with Crippen LogP contribution in [0.2, 0.25) is 0 Å². The van der Waals surface area contributed by atoms with Crippen molar-refractivity contribution in [1.29, 1.82) is 0 Å². The molecule has 0 saturated carbocycles. The van der Waals surface area contributed by atoms with Crippen LogP contribution in [0.4, 0.5) is 16.2 Å². The molecule has 0 spiro atoms. The van der Waals surface area contributed by atoms with E-state index in [1.54, 1.807) is 32.9 Å². The van der Waals surface area contributed by atoms with Crippen LogP contribution in [0.5, 0.6) is 5.75 Å². The minimum atomic E-state index is -1.08. The number of rotatable bonds is 7. The number of carbonyl (C=O) groups is 2. The van der Waals surface area contributed by atoms with E-state index in [2.05, 4.69) is 10.6 Å². The average molecular weight is 351 g/mol. The Morgan fingerprint density at radius 2 is 1.88 bits per heavy atom. The summed E-state index contributed by atoms with van der Waals surface area (Å²) in [7, 11) is 1.44. The maximum absolute atomic E-state index is 11.5. The zero-order valence-electron chi connectivity index (χ0n) is 14.9. The lowest BCUT2D eigenvalue weighted by atomic mass is 10.1. The number of amides is 1. The van der Waals surface area contributed by atoms with Gasteiger partial charge in [0, 0.05) is 13.1 Å². The van der Waals surface area contributed by atoms with Crippen molar-refractivity contribution in [3.05, 3.63) is 29.8 Å². The van der Waals surface area contributed by atoms with Gasteiger partial charge in [-0.15, -0.1) is 0 Å². The predicted molar refractivity (Wildman–Crippen MR) is 96.2 cm³/mol. The number of nitrogens with two attached hydrogens (primary N) is 1. The number of ether oxygens (including phenoxy) is 2. The number of aromatic carboxylic acids is 1. The van der Waals surface area contributed by atoms with Crippen LogP contribution in [0.1, 0.15) is 31.1 Å². The Labute approximate surface area is 147 Å². The topological polar surface area (TPSA) is 123 Å². The number of nitrogen functional groups attached to an aromatic ring is 1. The van der Waals surface area contributed by atoms with E-state index in [4.69, 9.17) is 20.3 Å². The van der Waals surface area contributed by atoms with E-state index in [-0.39, 0.29) is 11.3 Å². The molecule has 0 aliphatic heterocycles. The van der Waals surface area contributed by atoms with Crippen molar-refractivity contribution in [2.75, 3.05) is 31.2 Å². The molecular formula is C17H25N3O5. The van der Waals surface area contributed by atoms with Crippen LogP contribution < -0.4 is 21.1 Å². The number of carboxylic acid groups (broad SMARTS) is 1. The first-order valence-corrected chi connectivity index (χ1v) is 7.70. The van der Waals surface area contributed by atoms with Gasteiger partial charge >= 0.3 is 12.1 Å². The molecule has 0 atom stereocenters. The van der Waals surface area contributed by atoms with E-state index in [9.17, 15) is 9.59 Å². The first kappa shape index (κ1) is 20.1. The van der Waals surface area contributed by atoms with Crippen molar-refractivity contribution in [2.45, 2.75) is 26.4 Å². The summed E-state index contributed by atoms with van der Waals surface area (Å²) in [5.74, 6) is -0.734. The smallest absolute Gasteiger partial charge is 0.407 e. The van der Waals surface area contributed by atoms with Crippen LogP contribution in [0, 0.1) is 0 Å². The van der Waals surface area contributed by atoms with E-state index in [1.165, 1.54) is 19.2 Å². The highest BCUT2D eigenvalue weighted by atomic mass is 16.6. The van der Waals surface area contributed by atoms with Crippen LogP contribution >= 0.6 is 0 Å². The highest BCUT2D eigenvalue weighted by Gasteiger charge is 2.15. The number of hydrogen-bond donors (Lipinski definition) is 4. The fraction of sp³-hybridized carbons (Fsp3) is 0.412. The zero-order valence-corrected chi connectivity index (χ0v) is 14.9. The fourth-order valence-electron chi connectivity index (χ4n) is 1.89. The average Bonchev–Trinajstić information content (AvgIpc) is 2.49. The molecule has 138 valence electrons. The molecule has 0 aliphatic carbocycles. The van der Waals surface area contributed by atoms with E-state index in [0.717, 1.165) is 0 Å². The van der Waals surface area contributed by atoms with Gasteiger partial charge in [0.25, 0.3) is 0 Å². The quantitative estimate of drug-likeness (QED) is 0.439. The number of hydrogen-bond acceptors (Lipinski definition) is 6. The van der Waals surface area contributed by atoms with Gasteiger partial charge in [0.15, 0.2) is 0 Å². The van der Waals surface area contributed by atoms with Crippen molar-refractivity contribution >= 4 is 23.4 Å². The molecule has 0 radical (unpaired) electrons. The highest BCUT2D eigenvalue weighted by molar-refractivity contribution is 5.92. The molecule has 1 aromatic rings. The molecule has 25 heavy (non-hydrogen) atoms. The van der Waals surface area contributed by atoms with Crippen LogP contribution in [0.25, 0.3) is 0 Å². The van der Waals surface area contributed by atoms with Crippen molar-refractivity contribution in [2.24, 2.45) is 0 Å². The Morgan fingerprint density at radius 1 is 1.24 bits per heavy atom. The van der Waals surface area contributed by atoms with Crippen LogP contribution in [0.3, 0.4) is 0 Å². The first-order valence-electron chi connectivity index (χ1n) is 7.70. The monoisotopic (exact) mass is 351 g/mol. The second-order valence-corrected chi connectivity index (χ2v) is 6.18. The molecule has 0 unspecified atom stereocenters. The van der Waals surface area contributed by atoms with Gasteiger partial charge in [-0.3, -0.25) is 0 Å². The summed E-state index contributed by atoms with van der Waals surface area (Å²) in [4.78, 5) is 22.5.